The van der Waals surface area contributed by atoms with Gasteiger partial charge in [-0.15, -0.1) is 0 Å². The molecule has 0 saturated carbocycles. The van der Waals surface area contributed by atoms with Gasteiger partial charge >= 0.3 is 0 Å². The minimum atomic E-state index is -2.90. The minimum Gasteiger partial charge on any atom is -0.311 e. The molecular weight excluding hydrogens is 888 g/mol. The number of hydrogen-bond acceptors (Lipinski definition) is 2. The minimum absolute atomic E-state index is 0.0509. The molecule has 15 rings (SSSR count). The molecule has 0 radical (unpaired) electrons. The van der Waals surface area contributed by atoms with E-state index in [2.05, 4.69) is 265 Å². The molecule has 4 aliphatic rings. The molecule has 0 aliphatic carbocycles. The predicted molar refractivity (Wildman–Crippen MR) is 306 cm³/mol. The van der Waals surface area contributed by atoms with E-state index >= 15 is 0 Å². The van der Waals surface area contributed by atoms with Crippen LogP contribution in [0.25, 0.3) is 22.3 Å². The molecule has 0 N–H and O–H groups in total. The predicted octanol–water partition coefficient (Wildman–Crippen LogP) is 8.48. The van der Waals surface area contributed by atoms with Gasteiger partial charge in [0.05, 0.1) is 4.11 Å². The molecule has 0 aromatic heterocycles. The molecule has 4 aliphatic heterocycles. The smallest absolute Gasteiger partial charge is 0.252 e. The van der Waals surface area contributed by atoms with Crippen LogP contribution in [0.5, 0.6) is 0 Å². The Morgan fingerprint density at radius 1 is 0.310 bits per heavy atom. The van der Waals surface area contributed by atoms with Gasteiger partial charge in [0.25, 0.3) is 6.71 Å². The van der Waals surface area contributed by atoms with E-state index in [4.69, 9.17) is 0 Å². The average Bonchev–Trinajstić information content (AvgIpc) is 4.04. The van der Waals surface area contributed by atoms with Crippen molar-refractivity contribution in [2.24, 2.45) is 0 Å². The zero-order valence-corrected chi connectivity index (χ0v) is 40.7. The van der Waals surface area contributed by atoms with Crippen LogP contribution in [0, 0.1) is 0 Å². The highest BCUT2D eigenvalue weighted by Crippen LogP contribution is 2.45. The monoisotopic (exact) mass is 935 g/mol. The second kappa shape index (κ2) is 15.5. The summed E-state index contributed by atoms with van der Waals surface area (Å²) in [4.78, 5) is 4.52. The van der Waals surface area contributed by atoms with Gasteiger partial charge in [-0.05, 0) is 129 Å². The second-order valence-corrected chi connectivity index (χ2v) is 26.7. The summed E-state index contributed by atoms with van der Waals surface area (Å²) < 4.78 is 30.2. The van der Waals surface area contributed by atoms with Crippen molar-refractivity contribution in [1.29, 1.82) is 0 Å². The van der Waals surface area contributed by atoms with Crippen LogP contribution < -0.4 is 67.7 Å². The fraction of sp³-hybridized carbons (Fsp3) is 0. The first kappa shape index (κ1) is 37.4. The van der Waals surface area contributed by atoms with Crippen molar-refractivity contribution in [3.05, 3.63) is 273 Å². The fourth-order valence-corrected chi connectivity index (χ4v) is 23.7. The number of anilines is 6. The van der Waals surface area contributed by atoms with E-state index in [1.54, 1.807) is 0 Å². The lowest BCUT2D eigenvalue weighted by Crippen LogP contribution is -2.72. The Kier molecular flexibility index (Phi) is 8.18. The molecule has 330 valence electrons. The van der Waals surface area contributed by atoms with Gasteiger partial charge in [0.15, 0.2) is 16.1 Å². The highest BCUT2D eigenvalue weighted by Gasteiger charge is 2.51. The number of hydrogen-bond donors (Lipinski definition) is 0. The van der Waals surface area contributed by atoms with Crippen LogP contribution in [-0.2, 0) is 0 Å². The van der Waals surface area contributed by atoms with E-state index in [-0.39, 0.29) is 24.8 Å². The molecule has 11 aromatic rings. The van der Waals surface area contributed by atoms with Crippen LogP contribution in [0.1, 0.15) is 4.11 Å². The van der Waals surface area contributed by atoms with E-state index in [1.165, 1.54) is 63.7 Å². The number of fused-ring (bicyclic) bond motifs is 10. The Balaban J connectivity index is 1.00. The molecule has 2 nitrogen and oxygen atoms in total. The molecule has 5 heteroatoms. The summed E-state index contributed by atoms with van der Waals surface area (Å²) in [7, 11) is -5.80. The lowest BCUT2D eigenvalue weighted by atomic mass is 9.33. The zero-order chi connectivity index (χ0) is 49.3. The molecule has 4 heterocycles. The van der Waals surface area contributed by atoms with Crippen LogP contribution in [0.15, 0.2) is 273 Å². The topological polar surface area (TPSA) is 6.48 Å². The van der Waals surface area contributed by atoms with Crippen molar-refractivity contribution in [1.82, 2.24) is 0 Å². The second-order valence-electron chi connectivity index (χ2n) is 19.2. The Hall–Kier alpha value is -8.48. The maximum Gasteiger partial charge on any atom is 0.252 e. The van der Waals surface area contributed by atoms with Gasteiger partial charge in [-0.2, -0.15) is 0 Å². The molecule has 0 bridgehead atoms. The van der Waals surface area contributed by atoms with Crippen molar-refractivity contribution in [3.63, 3.8) is 0 Å². The lowest BCUT2D eigenvalue weighted by molar-refractivity contribution is 1.26. The number of para-hydroxylation sites is 2. The Morgan fingerprint density at radius 3 is 1.06 bits per heavy atom. The molecule has 0 saturated heterocycles. The van der Waals surface area contributed by atoms with Crippen LogP contribution in [0.2, 0.25) is 0 Å². The third-order valence-corrected chi connectivity index (χ3v) is 25.7. The van der Waals surface area contributed by atoms with Gasteiger partial charge in [-0.25, -0.2) is 0 Å². The van der Waals surface area contributed by atoms with Crippen molar-refractivity contribution >= 4 is 115 Å². The van der Waals surface area contributed by atoms with Crippen LogP contribution >= 0.6 is 0 Å². The third kappa shape index (κ3) is 5.47. The number of nitrogens with zero attached hydrogens (tertiary/aromatic N) is 2. The molecule has 0 fully saturated rings. The van der Waals surface area contributed by atoms with Gasteiger partial charge in [0.1, 0.15) is 0 Å². The average molecular weight is 936 g/mol. The van der Waals surface area contributed by atoms with E-state index in [0.717, 1.165) is 39.1 Å². The molecule has 71 heavy (non-hydrogen) atoms. The quantitative estimate of drug-likeness (QED) is 0.155. The highest BCUT2D eigenvalue weighted by molar-refractivity contribution is 7.23. The summed E-state index contributed by atoms with van der Waals surface area (Å²) in [6.45, 7) is -0.296. The fourth-order valence-electron chi connectivity index (χ4n) is 13.3. The first-order valence-corrected chi connectivity index (χ1v) is 28.6. The van der Waals surface area contributed by atoms with Crippen molar-refractivity contribution in [3.8, 4) is 22.3 Å². The van der Waals surface area contributed by atoms with Gasteiger partial charge in [0.2, 0.25) is 0 Å². The van der Waals surface area contributed by atoms with Crippen LogP contribution in [-0.4, -0.2) is 22.9 Å². The first-order valence-electron chi connectivity index (χ1n) is 26.1. The SMILES string of the molecule is [2H]c1c([2H])c2c3c(c1[2H])N(c1ccc4c(c1)[Si](c1ccccc1)(c1ccccc1)c1ccccc1-4)c1ccccc1B3c1ccccc1N2c1ccc2c(c1)[Si](c1ccccc1)(c1ccccc1)c1ccccc1-2. The summed E-state index contributed by atoms with van der Waals surface area (Å²) >= 11 is 0. The van der Waals surface area contributed by atoms with Crippen molar-refractivity contribution < 1.29 is 4.11 Å². The van der Waals surface area contributed by atoms with Gasteiger partial charge in [0, 0.05) is 34.1 Å². The van der Waals surface area contributed by atoms with E-state index in [1.807, 2.05) is 0 Å². The number of rotatable bonds is 6. The summed E-state index contributed by atoms with van der Waals surface area (Å²) in [5.41, 5.74) is 13.2. The van der Waals surface area contributed by atoms with Crippen LogP contribution in [0.3, 0.4) is 0 Å². The highest BCUT2D eigenvalue weighted by atomic mass is 28.3. The summed E-state index contributed by atoms with van der Waals surface area (Å²) in [5.74, 6) is 0. The van der Waals surface area contributed by atoms with Crippen molar-refractivity contribution in [2.75, 3.05) is 9.80 Å². The third-order valence-electron chi connectivity index (χ3n) is 16.0. The first-order chi connectivity index (χ1) is 36.5. The Bertz CT molecular complexity index is 3760. The number of benzene rings is 11. The molecule has 0 unspecified atom stereocenters. The molecule has 0 spiro atoms. The summed E-state index contributed by atoms with van der Waals surface area (Å²) in [6.07, 6.45) is 0. The largest absolute Gasteiger partial charge is 0.311 e. The van der Waals surface area contributed by atoms with Gasteiger partial charge < -0.3 is 9.80 Å². The standard InChI is InChI=1S/C66H45BN2Si2/c1-5-22-48(23-6-1)70(49-24-7-2-8-25-49)62-38-19-13-30-52(62)54-42-40-46(44-64(54)70)68-58-34-17-15-32-56(58)67-57-33-16-18-35-59(57)69(61-37-21-36-60(68)66(61)67)47-41-43-55-53-31-14-20-39-63(53)71(65(55)45-47,50-26-9-3-10-27-50)51-28-11-4-12-29-51/h1-45H/i21D,36D,37D. The summed E-state index contributed by atoms with van der Waals surface area (Å²) in [5, 5.41) is 10.6. The molecule has 0 atom stereocenters. The molecule has 11 aromatic carbocycles. The van der Waals surface area contributed by atoms with Crippen LogP contribution in [0.4, 0.5) is 34.1 Å². The van der Waals surface area contributed by atoms with E-state index < -0.39 is 16.1 Å². The van der Waals surface area contributed by atoms with E-state index in [0.29, 0.717) is 11.4 Å². The maximum absolute atomic E-state index is 10.1. The zero-order valence-electron chi connectivity index (χ0n) is 41.7. The van der Waals surface area contributed by atoms with Crippen molar-refractivity contribution in [2.45, 2.75) is 0 Å². The Morgan fingerprint density at radius 2 is 0.648 bits per heavy atom. The summed E-state index contributed by atoms with van der Waals surface area (Å²) in [6, 6.07) is 93.4. The van der Waals surface area contributed by atoms with Gasteiger partial charge in [-0.3, -0.25) is 0 Å². The molecule has 0 amide bonds. The normalized spacial score (nSPS) is 15.2. The molecular formula is C66H45BN2Si2. The van der Waals surface area contributed by atoms with Gasteiger partial charge in [-0.1, -0.05) is 224 Å². The maximum atomic E-state index is 10.1. The lowest BCUT2D eigenvalue weighted by Gasteiger charge is -2.44. The Labute approximate surface area is 421 Å². The van der Waals surface area contributed by atoms with E-state index in [9.17, 15) is 4.11 Å².